The molecule has 4 aliphatic rings. The largest absolute Gasteiger partial charge is 0.457 e. The van der Waals surface area contributed by atoms with E-state index in [1.807, 2.05) is 66.7 Å². The second-order valence-corrected chi connectivity index (χ2v) is 13.5. The molecule has 8 rings (SSSR count). The number of nitrogens with one attached hydrogen (secondary N) is 1. The van der Waals surface area contributed by atoms with Gasteiger partial charge in [-0.25, -0.2) is 0 Å². The van der Waals surface area contributed by atoms with Crippen LogP contribution in [-0.2, 0) is 9.59 Å². The van der Waals surface area contributed by atoms with Crippen molar-refractivity contribution in [2.45, 2.75) is 43.7 Å². The summed E-state index contributed by atoms with van der Waals surface area (Å²) in [5.74, 6) is -0.881. The highest BCUT2D eigenvalue weighted by molar-refractivity contribution is 6.23. The van der Waals surface area contributed by atoms with E-state index in [1.165, 1.54) is 0 Å². The Morgan fingerprint density at radius 3 is 2.22 bits per heavy atom. The highest BCUT2D eigenvalue weighted by atomic mass is 16.5. The number of rotatable bonds is 8. The second kappa shape index (κ2) is 13.1. The molecule has 4 aliphatic heterocycles. The zero-order chi connectivity index (χ0) is 35.2. The maximum Gasteiger partial charge on any atom is 0.262 e. The molecule has 1 aromatic heterocycles. The van der Waals surface area contributed by atoms with E-state index in [2.05, 4.69) is 15.1 Å². The van der Waals surface area contributed by atoms with Crippen molar-refractivity contribution in [2.24, 2.45) is 5.73 Å². The predicted molar refractivity (Wildman–Crippen MR) is 187 cm³/mol. The lowest BCUT2D eigenvalue weighted by atomic mass is 9.90. The molecular formula is C39H36N6O6. The quantitative estimate of drug-likeness (QED) is 0.261. The molecule has 0 saturated carbocycles. The van der Waals surface area contributed by atoms with Gasteiger partial charge in [-0.15, -0.1) is 0 Å². The zero-order valence-corrected chi connectivity index (χ0v) is 27.8. The summed E-state index contributed by atoms with van der Waals surface area (Å²) in [7, 11) is 0. The Hall–Kier alpha value is -5.88. The van der Waals surface area contributed by atoms with Gasteiger partial charge >= 0.3 is 0 Å². The molecule has 5 amide bonds. The van der Waals surface area contributed by atoms with Crippen LogP contribution in [0.1, 0.15) is 68.4 Å². The Morgan fingerprint density at radius 2 is 1.51 bits per heavy atom. The third-order valence-corrected chi connectivity index (χ3v) is 10.4. The first-order chi connectivity index (χ1) is 24.7. The number of fused-ring (bicyclic) bond motifs is 1. The maximum atomic E-state index is 13.3. The van der Waals surface area contributed by atoms with Gasteiger partial charge in [0.15, 0.2) is 0 Å². The number of ether oxygens (including phenoxy) is 1. The summed E-state index contributed by atoms with van der Waals surface area (Å²) in [6, 6.07) is 25.4. The maximum absolute atomic E-state index is 13.3. The molecule has 3 aromatic carbocycles. The van der Waals surface area contributed by atoms with Crippen molar-refractivity contribution in [1.29, 1.82) is 0 Å². The number of amides is 5. The number of likely N-dealkylation sites (tertiary alicyclic amines) is 1. The third kappa shape index (κ3) is 6.12. The van der Waals surface area contributed by atoms with Crippen LogP contribution in [0.15, 0.2) is 84.9 Å². The molecule has 0 spiro atoms. The van der Waals surface area contributed by atoms with Gasteiger partial charge in [0.2, 0.25) is 11.8 Å². The molecule has 0 radical (unpaired) electrons. The van der Waals surface area contributed by atoms with Crippen molar-refractivity contribution >= 4 is 35.2 Å². The molecule has 0 bridgehead atoms. The van der Waals surface area contributed by atoms with Gasteiger partial charge in [0, 0.05) is 48.4 Å². The van der Waals surface area contributed by atoms with E-state index in [1.54, 1.807) is 18.2 Å². The standard InChI is InChI=1S/C39H36N6O6/c40-36(47)30-12-13-32(41-35(30)24-6-9-28(10-7-24)51-27-4-2-1-3-5-27)23-16-18-43(19-17-23)26-21-44(22-26)25-8-11-29-31(20-25)39(50)45(38(29)49)33-14-15-34(46)42-37(33)48/h1-13,20,23,26,33H,14-19,21-22H2,(H2,40,47)(H,42,46,48). The van der Waals surface area contributed by atoms with E-state index < -0.39 is 35.6 Å². The molecule has 3 fully saturated rings. The number of pyridine rings is 1. The van der Waals surface area contributed by atoms with Gasteiger partial charge in [-0.1, -0.05) is 18.2 Å². The number of anilines is 1. The van der Waals surface area contributed by atoms with Crippen molar-refractivity contribution in [3.05, 3.63) is 107 Å². The Balaban J connectivity index is 0.889. The van der Waals surface area contributed by atoms with E-state index in [-0.39, 0.29) is 29.9 Å². The molecular weight excluding hydrogens is 648 g/mol. The molecule has 12 nitrogen and oxygen atoms in total. The van der Waals surface area contributed by atoms with Crippen LogP contribution in [0.3, 0.4) is 0 Å². The van der Waals surface area contributed by atoms with Crippen molar-refractivity contribution in [3.8, 4) is 22.8 Å². The fourth-order valence-electron chi connectivity index (χ4n) is 7.54. The van der Waals surface area contributed by atoms with Crippen LogP contribution in [0.5, 0.6) is 11.5 Å². The van der Waals surface area contributed by atoms with Crippen LogP contribution < -0.4 is 20.7 Å². The van der Waals surface area contributed by atoms with Gasteiger partial charge < -0.3 is 15.4 Å². The lowest BCUT2D eigenvalue weighted by molar-refractivity contribution is -0.136. The molecule has 0 aliphatic carbocycles. The van der Waals surface area contributed by atoms with Crippen LogP contribution in [0.4, 0.5) is 5.69 Å². The van der Waals surface area contributed by atoms with E-state index in [0.29, 0.717) is 23.0 Å². The molecule has 1 unspecified atom stereocenters. The smallest absolute Gasteiger partial charge is 0.262 e. The van der Waals surface area contributed by atoms with Crippen LogP contribution in [-0.4, -0.2) is 82.6 Å². The van der Waals surface area contributed by atoms with E-state index >= 15 is 0 Å². The molecule has 258 valence electrons. The summed E-state index contributed by atoms with van der Waals surface area (Å²) in [5, 5.41) is 2.23. The monoisotopic (exact) mass is 684 g/mol. The van der Waals surface area contributed by atoms with Crippen LogP contribution in [0.25, 0.3) is 11.3 Å². The van der Waals surface area contributed by atoms with Gasteiger partial charge in [0.1, 0.15) is 17.5 Å². The number of aromatic nitrogens is 1. The molecule has 3 N–H and O–H groups in total. The van der Waals surface area contributed by atoms with Crippen LogP contribution >= 0.6 is 0 Å². The Bertz CT molecular complexity index is 2050. The fraction of sp³-hybridized carbons (Fsp3) is 0.282. The number of hydrogen-bond acceptors (Lipinski definition) is 9. The Kier molecular flexibility index (Phi) is 8.31. The number of primary amides is 1. The number of nitrogens with two attached hydrogens (primary N) is 1. The summed E-state index contributed by atoms with van der Waals surface area (Å²) in [6.07, 6.45) is 2.06. The SMILES string of the molecule is NC(=O)c1ccc(C2CCN(C3CN(c4ccc5c(c4)C(=O)N(C4CCC(=O)NC4=O)C5=O)C3)CC2)nc1-c1ccc(Oc2ccccc2)cc1. The molecule has 5 heterocycles. The topological polar surface area (TPSA) is 155 Å². The average molecular weight is 685 g/mol. The first-order valence-electron chi connectivity index (χ1n) is 17.2. The number of piperidine rings is 2. The summed E-state index contributed by atoms with van der Waals surface area (Å²) in [5.41, 5.74) is 9.86. The van der Waals surface area contributed by atoms with Gasteiger partial charge in [-0.2, -0.15) is 0 Å². The lowest BCUT2D eigenvalue weighted by Gasteiger charge is -2.48. The zero-order valence-electron chi connectivity index (χ0n) is 27.8. The molecule has 4 aromatic rings. The number of para-hydroxylation sites is 1. The molecule has 12 heteroatoms. The van der Waals surface area contributed by atoms with Crippen LogP contribution in [0.2, 0.25) is 0 Å². The van der Waals surface area contributed by atoms with Gasteiger partial charge in [0.05, 0.1) is 22.4 Å². The molecule has 51 heavy (non-hydrogen) atoms. The number of benzene rings is 3. The van der Waals surface area contributed by atoms with Crippen molar-refractivity contribution in [3.63, 3.8) is 0 Å². The summed E-state index contributed by atoms with van der Waals surface area (Å²) in [4.78, 5) is 73.4. The minimum atomic E-state index is -0.982. The van der Waals surface area contributed by atoms with Crippen molar-refractivity contribution < 1.29 is 28.7 Å². The molecule has 1 atom stereocenters. The van der Waals surface area contributed by atoms with E-state index in [4.69, 9.17) is 15.5 Å². The van der Waals surface area contributed by atoms with Gasteiger partial charge in [0.25, 0.3) is 17.7 Å². The fourth-order valence-corrected chi connectivity index (χ4v) is 7.54. The minimum Gasteiger partial charge on any atom is -0.457 e. The van der Waals surface area contributed by atoms with Gasteiger partial charge in [-0.05, 0) is 99.1 Å². The number of imide groups is 2. The van der Waals surface area contributed by atoms with Crippen molar-refractivity contribution in [1.82, 2.24) is 20.1 Å². The number of carbonyl (C=O) groups excluding carboxylic acids is 5. The van der Waals surface area contributed by atoms with Crippen LogP contribution in [0, 0.1) is 0 Å². The number of carbonyl (C=O) groups is 5. The second-order valence-electron chi connectivity index (χ2n) is 13.5. The number of hydrogen-bond donors (Lipinski definition) is 2. The van der Waals surface area contributed by atoms with E-state index in [0.717, 1.165) is 66.6 Å². The van der Waals surface area contributed by atoms with Gasteiger partial charge in [-0.3, -0.25) is 44.1 Å². The summed E-state index contributed by atoms with van der Waals surface area (Å²) >= 11 is 0. The lowest BCUT2D eigenvalue weighted by Crippen LogP contribution is -2.60. The van der Waals surface area contributed by atoms with E-state index in [9.17, 15) is 24.0 Å². The molecule has 3 saturated heterocycles. The highest BCUT2D eigenvalue weighted by Crippen LogP contribution is 2.36. The summed E-state index contributed by atoms with van der Waals surface area (Å²) < 4.78 is 5.93. The summed E-state index contributed by atoms with van der Waals surface area (Å²) in [6.45, 7) is 3.40. The number of nitrogens with zero attached hydrogens (tertiary/aromatic N) is 4. The predicted octanol–water partition coefficient (Wildman–Crippen LogP) is 4.11. The minimum absolute atomic E-state index is 0.0844. The first-order valence-corrected chi connectivity index (χ1v) is 17.2. The Morgan fingerprint density at radius 1 is 0.804 bits per heavy atom. The normalized spacial score (nSPS) is 19.9. The van der Waals surface area contributed by atoms with Crippen molar-refractivity contribution in [2.75, 3.05) is 31.1 Å². The first kappa shape index (κ1) is 32.3. The third-order valence-electron chi connectivity index (χ3n) is 10.4. The Labute approximate surface area is 294 Å². The highest BCUT2D eigenvalue weighted by Gasteiger charge is 2.45. The average Bonchev–Trinajstić information content (AvgIpc) is 3.36.